The summed E-state index contributed by atoms with van der Waals surface area (Å²) in [6, 6.07) is -0.699. The summed E-state index contributed by atoms with van der Waals surface area (Å²) in [6.45, 7) is 9.88. The van der Waals surface area contributed by atoms with E-state index in [1.54, 1.807) is 13.8 Å². The molecule has 0 aromatic heterocycles. The second kappa shape index (κ2) is 13.8. The summed E-state index contributed by atoms with van der Waals surface area (Å²) in [7, 11) is 0. The monoisotopic (exact) mass is 399 g/mol. The number of aliphatic hydroxyl groups is 1. The van der Waals surface area contributed by atoms with Crippen molar-refractivity contribution in [3.05, 3.63) is 0 Å². The van der Waals surface area contributed by atoms with Gasteiger partial charge in [0.25, 0.3) is 0 Å². The number of aliphatic hydroxyl groups excluding tert-OH is 1. The number of ketones is 2. The molecule has 0 aliphatic heterocycles. The van der Waals surface area contributed by atoms with E-state index in [-0.39, 0.29) is 36.4 Å². The first-order valence-corrected chi connectivity index (χ1v) is 10.5. The van der Waals surface area contributed by atoms with E-state index in [0.29, 0.717) is 25.3 Å². The van der Waals surface area contributed by atoms with Crippen molar-refractivity contribution >= 4 is 17.5 Å². The van der Waals surface area contributed by atoms with Crippen LogP contribution >= 0.6 is 0 Å². The molecule has 0 saturated heterocycles. The Kier molecular flexibility index (Phi) is 13.2. The highest BCUT2D eigenvalue weighted by molar-refractivity contribution is 5.93. The minimum Gasteiger partial charge on any atom is -0.393 e. The molecular weight excluding hydrogens is 358 g/mol. The summed E-state index contributed by atoms with van der Waals surface area (Å²) in [5.41, 5.74) is 11.2. The molecule has 0 fully saturated rings. The fraction of sp³-hybridized carbons (Fsp3) is 0.857. The maximum atomic E-state index is 12.8. The zero-order chi connectivity index (χ0) is 21.9. The maximum Gasteiger partial charge on any atom is 0.226 e. The predicted octanol–water partition coefficient (Wildman–Crippen LogP) is 1.40. The van der Waals surface area contributed by atoms with E-state index in [0.717, 1.165) is 12.8 Å². The number of hydrogen-bond donors (Lipinski definition) is 4. The molecule has 6 N–H and O–H groups in total. The fourth-order valence-electron chi connectivity index (χ4n) is 3.20. The molecule has 0 aromatic rings. The van der Waals surface area contributed by atoms with Crippen LogP contribution in [0, 0.1) is 23.7 Å². The van der Waals surface area contributed by atoms with Crippen molar-refractivity contribution in [1.82, 2.24) is 5.32 Å². The molecular formula is C21H41N3O4. The van der Waals surface area contributed by atoms with Gasteiger partial charge in [0.2, 0.25) is 5.91 Å². The van der Waals surface area contributed by atoms with Crippen LogP contribution in [-0.4, -0.2) is 47.8 Å². The van der Waals surface area contributed by atoms with Crippen LogP contribution in [0.5, 0.6) is 0 Å². The first kappa shape index (κ1) is 26.7. The Balaban J connectivity index is 5.18. The van der Waals surface area contributed by atoms with Gasteiger partial charge < -0.3 is 21.9 Å². The van der Waals surface area contributed by atoms with Crippen molar-refractivity contribution < 1.29 is 19.5 Å². The molecule has 28 heavy (non-hydrogen) atoms. The van der Waals surface area contributed by atoms with E-state index in [9.17, 15) is 19.5 Å². The molecule has 7 heteroatoms. The van der Waals surface area contributed by atoms with Crippen LogP contribution in [0.25, 0.3) is 0 Å². The smallest absolute Gasteiger partial charge is 0.226 e. The van der Waals surface area contributed by atoms with Gasteiger partial charge in [0.05, 0.1) is 18.1 Å². The first-order chi connectivity index (χ1) is 13.0. The van der Waals surface area contributed by atoms with Crippen LogP contribution in [0.3, 0.4) is 0 Å². The molecule has 0 aliphatic rings. The molecule has 1 amide bonds. The molecule has 0 rings (SSSR count). The lowest BCUT2D eigenvalue weighted by molar-refractivity contribution is -0.137. The predicted molar refractivity (Wildman–Crippen MR) is 111 cm³/mol. The zero-order valence-electron chi connectivity index (χ0n) is 18.2. The summed E-state index contributed by atoms with van der Waals surface area (Å²) < 4.78 is 0. The number of carbonyl (C=O) groups is 3. The van der Waals surface area contributed by atoms with Crippen LogP contribution in [-0.2, 0) is 14.4 Å². The average molecular weight is 400 g/mol. The third-order valence-electron chi connectivity index (χ3n) is 5.09. The summed E-state index contributed by atoms with van der Waals surface area (Å²) >= 11 is 0. The molecule has 0 heterocycles. The standard InChI is InChI=1S/C21H41N3O4/c1-13(2)6-7-16(8-10-22)19(26)12-17(15(5)25)21(28)24-18(9-11-23)20(27)14(3)4/h13-18,25H,6-12,22-23H2,1-5H3,(H,24,28)/t15?,16?,17-,18-/m0/s1. The van der Waals surface area contributed by atoms with Gasteiger partial charge in [0, 0.05) is 18.3 Å². The summed E-state index contributed by atoms with van der Waals surface area (Å²) in [5.74, 6) is -1.52. The van der Waals surface area contributed by atoms with Gasteiger partial charge in [-0.3, -0.25) is 14.4 Å². The van der Waals surface area contributed by atoms with Crippen LogP contribution in [0.2, 0.25) is 0 Å². The van der Waals surface area contributed by atoms with Crippen LogP contribution in [0.4, 0.5) is 0 Å². The molecule has 0 spiro atoms. The van der Waals surface area contributed by atoms with Gasteiger partial charge in [-0.15, -0.1) is 0 Å². The minimum absolute atomic E-state index is 0.0577. The lowest BCUT2D eigenvalue weighted by Gasteiger charge is -2.25. The molecule has 0 bridgehead atoms. The Labute approximate surface area is 170 Å². The van der Waals surface area contributed by atoms with Crippen LogP contribution < -0.4 is 16.8 Å². The van der Waals surface area contributed by atoms with Gasteiger partial charge in [-0.1, -0.05) is 34.1 Å². The molecule has 0 aliphatic carbocycles. The number of nitrogens with one attached hydrogen (secondary N) is 1. The first-order valence-electron chi connectivity index (χ1n) is 10.5. The van der Waals surface area contributed by atoms with Crippen LogP contribution in [0.1, 0.15) is 66.7 Å². The molecule has 4 atom stereocenters. The number of hydrogen-bond acceptors (Lipinski definition) is 6. The van der Waals surface area contributed by atoms with E-state index >= 15 is 0 Å². The van der Waals surface area contributed by atoms with E-state index in [1.165, 1.54) is 6.92 Å². The Morgan fingerprint density at radius 3 is 1.89 bits per heavy atom. The molecule has 164 valence electrons. The Morgan fingerprint density at radius 1 is 0.893 bits per heavy atom. The van der Waals surface area contributed by atoms with Crippen molar-refractivity contribution in [2.24, 2.45) is 35.1 Å². The number of rotatable bonds is 15. The zero-order valence-corrected chi connectivity index (χ0v) is 18.2. The molecule has 0 aromatic carbocycles. The highest BCUT2D eigenvalue weighted by Gasteiger charge is 2.32. The van der Waals surface area contributed by atoms with Crippen molar-refractivity contribution in [1.29, 1.82) is 0 Å². The fourth-order valence-corrected chi connectivity index (χ4v) is 3.20. The molecule has 0 saturated carbocycles. The van der Waals surface area contributed by atoms with Crippen molar-refractivity contribution in [3.8, 4) is 0 Å². The lowest BCUT2D eigenvalue weighted by Crippen LogP contribution is -2.48. The SMILES string of the molecule is CC(C)CCC(CCN)C(=O)C[C@H](C(=O)N[C@@H](CCN)C(=O)C(C)C)C(C)O. The number of amides is 1. The quantitative estimate of drug-likeness (QED) is 0.329. The minimum atomic E-state index is -1.000. The van der Waals surface area contributed by atoms with Gasteiger partial charge in [0.1, 0.15) is 5.78 Å². The normalized spacial score (nSPS) is 15.9. The summed E-state index contributed by atoms with van der Waals surface area (Å²) in [4.78, 5) is 37.8. The number of carbonyl (C=O) groups excluding carboxylic acids is 3. The highest BCUT2D eigenvalue weighted by atomic mass is 16.3. The second-order valence-electron chi connectivity index (χ2n) is 8.46. The maximum absolute atomic E-state index is 12.8. The van der Waals surface area contributed by atoms with Crippen LogP contribution in [0.15, 0.2) is 0 Å². The van der Waals surface area contributed by atoms with Crippen molar-refractivity contribution in [3.63, 3.8) is 0 Å². The Morgan fingerprint density at radius 2 is 1.46 bits per heavy atom. The number of Topliss-reactive ketones (excluding diaryl/α,β-unsaturated/α-hetero) is 2. The highest BCUT2D eigenvalue weighted by Crippen LogP contribution is 2.22. The van der Waals surface area contributed by atoms with Gasteiger partial charge >= 0.3 is 0 Å². The molecule has 2 unspecified atom stereocenters. The van der Waals surface area contributed by atoms with E-state index in [2.05, 4.69) is 19.2 Å². The lowest BCUT2D eigenvalue weighted by atomic mass is 9.85. The topological polar surface area (TPSA) is 136 Å². The van der Waals surface area contributed by atoms with E-state index in [4.69, 9.17) is 11.5 Å². The Hall–Kier alpha value is -1.31. The third kappa shape index (κ3) is 9.75. The molecule has 7 nitrogen and oxygen atoms in total. The van der Waals surface area contributed by atoms with E-state index in [1.807, 2.05) is 0 Å². The van der Waals surface area contributed by atoms with Gasteiger partial charge in [-0.25, -0.2) is 0 Å². The second-order valence-corrected chi connectivity index (χ2v) is 8.46. The van der Waals surface area contributed by atoms with Crippen molar-refractivity contribution in [2.45, 2.75) is 78.9 Å². The van der Waals surface area contributed by atoms with Gasteiger partial charge in [0.15, 0.2) is 5.78 Å². The van der Waals surface area contributed by atoms with Gasteiger partial charge in [-0.2, -0.15) is 0 Å². The largest absolute Gasteiger partial charge is 0.393 e. The summed E-state index contributed by atoms with van der Waals surface area (Å²) in [5, 5.41) is 12.8. The Bertz CT molecular complexity index is 492. The van der Waals surface area contributed by atoms with E-state index < -0.39 is 24.0 Å². The number of nitrogens with two attached hydrogens (primary N) is 2. The average Bonchev–Trinajstić information content (AvgIpc) is 2.61. The van der Waals surface area contributed by atoms with Crippen molar-refractivity contribution in [2.75, 3.05) is 13.1 Å². The third-order valence-corrected chi connectivity index (χ3v) is 5.09. The van der Waals surface area contributed by atoms with Gasteiger partial charge in [-0.05, 0) is 45.2 Å². The molecule has 0 radical (unpaired) electrons. The summed E-state index contributed by atoms with van der Waals surface area (Å²) in [6.07, 6.45) is 1.47.